The third kappa shape index (κ3) is 4.37. The van der Waals surface area contributed by atoms with E-state index in [9.17, 15) is 18.0 Å². The van der Waals surface area contributed by atoms with Crippen molar-refractivity contribution in [1.29, 1.82) is 0 Å². The van der Waals surface area contributed by atoms with Crippen LogP contribution < -0.4 is 10.5 Å². The predicted octanol–water partition coefficient (Wildman–Crippen LogP) is 2.67. The highest BCUT2D eigenvalue weighted by Gasteiger charge is 2.33. The molecule has 2 atom stereocenters. The minimum absolute atomic E-state index is 0.0307. The number of nitrogens with two attached hydrogens (primary N) is 1. The van der Waals surface area contributed by atoms with E-state index in [1.165, 1.54) is 23.1 Å². The lowest BCUT2D eigenvalue weighted by atomic mass is 10.1. The summed E-state index contributed by atoms with van der Waals surface area (Å²) in [5, 5.41) is 0. The second kappa shape index (κ2) is 6.56. The van der Waals surface area contributed by atoms with Gasteiger partial charge < -0.3 is 15.4 Å². The van der Waals surface area contributed by atoms with Gasteiger partial charge in [-0.2, -0.15) is 0 Å². The van der Waals surface area contributed by atoms with Crippen molar-refractivity contribution in [1.82, 2.24) is 4.90 Å². The fourth-order valence-electron chi connectivity index (χ4n) is 2.74. The van der Waals surface area contributed by atoms with E-state index in [0.717, 1.165) is 12.8 Å². The summed E-state index contributed by atoms with van der Waals surface area (Å²) in [5.74, 6) is -0.511. The number of rotatable bonds is 4. The van der Waals surface area contributed by atoms with Gasteiger partial charge in [0.1, 0.15) is 5.75 Å². The maximum absolute atomic E-state index is 12.4. The number of ether oxygens (including phenoxy) is 1. The lowest BCUT2D eigenvalue weighted by Gasteiger charge is -2.22. The first-order valence-electron chi connectivity index (χ1n) is 7.10. The number of carbonyl (C=O) groups is 1. The first-order valence-corrected chi connectivity index (χ1v) is 7.10. The van der Waals surface area contributed by atoms with Crippen LogP contribution in [0, 0.1) is 5.92 Å². The predicted molar refractivity (Wildman–Crippen MR) is 74.9 cm³/mol. The molecule has 4 nitrogen and oxygen atoms in total. The van der Waals surface area contributed by atoms with E-state index in [-0.39, 0.29) is 30.2 Å². The second-order valence-electron chi connectivity index (χ2n) is 5.62. The van der Waals surface area contributed by atoms with Crippen LogP contribution in [-0.2, 0) is 11.3 Å². The summed E-state index contributed by atoms with van der Waals surface area (Å²) in [4.78, 5) is 13.7. The van der Waals surface area contributed by atoms with Gasteiger partial charge >= 0.3 is 6.36 Å². The molecule has 1 aliphatic carbocycles. The molecule has 0 aromatic heterocycles. The van der Waals surface area contributed by atoms with Gasteiger partial charge in [-0.3, -0.25) is 4.79 Å². The Labute approximate surface area is 127 Å². The Morgan fingerprint density at radius 1 is 1.36 bits per heavy atom. The summed E-state index contributed by atoms with van der Waals surface area (Å²) in [6.07, 6.45) is -2.59. The molecule has 0 bridgehead atoms. The number of hydrogen-bond donors (Lipinski definition) is 1. The molecule has 22 heavy (non-hydrogen) atoms. The molecule has 0 spiro atoms. The van der Waals surface area contributed by atoms with Crippen molar-refractivity contribution in [2.24, 2.45) is 11.7 Å². The molecule has 1 amide bonds. The molecule has 2 rings (SSSR count). The van der Waals surface area contributed by atoms with Crippen LogP contribution in [0.15, 0.2) is 24.3 Å². The van der Waals surface area contributed by atoms with E-state index in [0.29, 0.717) is 12.0 Å². The molecule has 1 fully saturated rings. The third-order valence-electron chi connectivity index (χ3n) is 3.80. The molecule has 1 saturated carbocycles. The standard InChI is InChI=1S/C15H19F3N2O2/c1-20(14(21)10-6-7-12(19)8-10)9-11-4-2-3-5-13(11)22-15(16,17)18/h2-5,10,12H,6-9,19H2,1H3/t10-,12-/m1/s1. The molecule has 0 radical (unpaired) electrons. The maximum atomic E-state index is 12.4. The van der Waals surface area contributed by atoms with Crippen LogP contribution in [0.3, 0.4) is 0 Å². The number of carbonyl (C=O) groups excluding carboxylic acids is 1. The molecule has 0 aliphatic heterocycles. The van der Waals surface area contributed by atoms with Crippen molar-refractivity contribution in [3.63, 3.8) is 0 Å². The zero-order valence-electron chi connectivity index (χ0n) is 12.3. The third-order valence-corrected chi connectivity index (χ3v) is 3.80. The van der Waals surface area contributed by atoms with Crippen molar-refractivity contribution < 1.29 is 22.7 Å². The van der Waals surface area contributed by atoms with Crippen LogP contribution in [0.5, 0.6) is 5.75 Å². The van der Waals surface area contributed by atoms with Crippen LogP contribution in [-0.4, -0.2) is 30.3 Å². The SMILES string of the molecule is CN(Cc1ccccc1OC(F)(F)F)C(=O)[C@@H]1CC[C@@H](N)C1. The number of amides is 1. The van der Waals surface area contributed by atoms with E-state index in [2.05, 4.69) is 4.74 Å². The molecule has 0 saturated heterocycles. The van der Waals surface area contributed by atoms with E-state index >= 15 is 0 Å². The fourth-order valence-corrected chi connectivity index (χ4v) is 2.74. The van der Waals surface area contributed by atoms with E-state index in [1.54, 1.807) is 13.1 Å². The maximum Gasteiger partial charge on any atom is 0.573 e. The number of alkyl halides is 3. The largest absolute Gasteiger partial charge is 0.573 e. The van der Waals surface area contributed by atoms with Crippen molar-refractivity contribution in [3.8, 4) is 5.75 Å². The van der Waals surface area contributed by atoms with Crippen LogP contribution in [0.1, 0.15) is 24.8 Å². The number of hydrogen-bond acceptors (Lipinski definition) is 3. The van der Waals surface area contributed by atoms with Gasteiger partial charge in [-0.1, -0.05) is 18.2 Å². The molecular weight excluding hydrogens is 297 g/mol. The highest BCUT2D eigenvalue weighted by molar-refractivity contribution is 5.79. The van der Waals surface area contributed by atoms with Crippen molar-refractivity contribution in [2.45, 2.75) is 38.2 Å². The summed E-state index contributed by atoms with van der Waals surface area (Å²) in [5.41, 5.74) is 6.11. The summed E-state index contributed by atoms with van der Waals surface area (Å²) < 4.78 is 41.2. The van der Waals surface area contributed by atoms with E-state index < -0.39 is 6.36 Å². The molecule has 1 aromatic rings. The highest BCUT2D eigenvalue weighted by atomic mass is 19.4. The van der Waals surface area contributed by atoms with Gasteiger partial charge in [-0.05, 0) is 25.3 Å². The monoisotopic (exact) mass is 316 g/mol. The number of para-hydroxylation sites is 1. The molecule has 1 aliphatic rings. The van der Waals surface area contributed by atoms with Gasteiger partial charge in [0.05, 0.1) is 0 Å². The van der Waals surface area contributed by atoms with Crippen LogP contribution in [0.4, 0.5) is 13.2 Å². The van der Waals surface area contributed by atoms with Gasteiger partial charge in [0.2, 0.25) is 5.91 Å². The Kier molecular flexibility index (Phi) is 4.95. The Morgan fingerprint density at radius 2 is 2.05 bits per heavy atom. The first-order chi connectivity index (χ1) is 10.3. The Bertz CT molecular complexity index is 534. The Morgan fingerprint density at radius 3 is 2.64 bits per heavy atom. The summed E-state index contributed by atoms with van der Waals surface area (Å²) in [6.45, 7) is 0.0663. The molecule has 2 N–H and O–H groups in total. The van der Waals surface area contributed by atoms with Crippen molar-refractivity contribution >= 4 is 5.91 Å². The van der Waals surface area contributed by atoms with Crippen molar-refractivity contribution in [3.05, 3.63) is 29.8 Å². The van der Waals surface area contributed by atoms with Gasteiger partial charge in [0.15, 0.2) is 0 Å². The molecule has 0 heterocycles. The van der Waals surface area contributed by atoms with E-state index in [1.807, 2.05) is 0 Å². The second-order valence-corrected chi connectivity index (χ2v) is 5.62. The number of halogens is 3. The lowest BCUT2D eigenvalue weighted by Crippen LogP contribution is -2.32. The van der Waals surface area contributed by atoms with Gasteiger partial charge in [0, 0.05) is 31.1 Å². The van der Waals surface area contributed by atoms with Crippen LogP contribution in [0.25, 0.3) is 0 Å². The zero-order valence-corrected chi connectivity index (χ0v) is 12.3. The van der Waals surface area contributed by atoms with Gasteiger partial charge in [-0.25, -0.2) is 0 Å². The zero-order chi connectivity index (χ0) is 16.3. The minimum Gasteiger partial charge on any atom is -0.405 e. The smallest absolute Gasteiger partial charge is 0.405 e. The van der Waals surface area contributed by atoms with Crippen molar-refractivity contribution in [2.75, 3.05) is 7.05 Å². The summed E-state index contributed by atoms with van der Waals surface area (Å²) in [6, 6.07) is 5.87. The number of benzene rings is 1. The Balaban J connectivity index is 2.05. The molecule has 1 aromatic carbocycles. The lowest BCUT2D eigenvalue weighted by molar-refractivity contribution is -0.275. The number of nitrogens with zero attached hydrogens (tertiary/aromatic N) is 1. The molecular formula is C15H19F3N2O2. The van der Waals surface area contributed by atoms with Crippen LogP contribution in [0.2, 0.25) is 0 Å². The molecule has 122 valence electrons. The van der Waals surface area contributed by atoms with Gasteiger partial charge in [-0.15, -0.1) is 13.2 Å². The Hall–Kier alpha value is -1.76. The normalized spacial score (nSPS) is 21.7. The highest BCUT2D eigenvalue weighted by Crippen LogP contribution is 2.29. The molecule has 7 heteroatoms. The van der Waals surface area contributed by atoms with Crippen LogP contribution >= 0.6 is 0 Å². The van der Waals surface area contributed by atoms with Gasteiger partial charge in [0.25, 0.3) is 0 Å². The summed E-state index contributed by atoms with van der Waals surface area (Å²) >= 11 is 0. The average Bonchev–Trinajstić information content (AvgIpc) is 2.85. The van der Waals surface area contributed by atoms with E-state index in [4.69, 9.17) is 5.73 Å². The molecule has 0 unspecified atom stereocenters. The average molecular weight is 316 g/mol. The quantitative estimate of drug-likeness (QED) is 0.929. The first kappa shape index (κ1) is 16.6. The topological polar surface area (TPSA) is 55.6 Å². The summed E-state index contributed by atoms with van der Waals surface area (Å²) in [7, 11) is 1.58. The minimum atomic E-state index is -4.75. The fraction of sp³-hybridized carbons (Fsp3) is 0.533.